The van der Waals surface area contributed by atoms with Gasteiger partial charge in [-0.2, -0.15) is 0 Å². The Hall–Kier alpha value is -2.97. The fourth-order valence-corrected chi connectivity index (χ4v) is 3.96. The summed E-state index contributed by atoms with van der Waals surface area (Å²) in [4.78, 5) is 25.5. The lowest BCUT2D eigenvalue weighted by Gasteiger charge is -2.23. The van der Waals surface area contributed by atoms with Crippen molar-refractivity contribution in [3.8, 4) is 10.6 Å². The molecule has 0 aliphatic carbocycles. The molecule has 0 aliphatic heterocycles. The summed E-state index contributed by atoms with van der Waals surface area (Å²) in [6, 6.07) is 13.7. The lowest BCUT2D eigenvalue weighted by molar-refractivity contribution is -0.119. The standard InChI is InChI=1S/C23H26ClN5O2S/c1-4-14(3)19(26-22(31)25-18-11-9-15(5-2)10-12-18)20(30)27-23-29-28-21(32-23)16-7-6-8-17(24)13-16/h6-14,19H,4-5H2,1-3H3,(H2,25,26,31)(H,27,29,30)/t14-,19-/m0/s1. The van der Waals surface area contributed by atoms with Crippen molar-refractivity contribution < 1.29 is 9.59 Å². The maximum Gasteiger partial charge on any atom is 0.319 e. The number of urea groups is 1. The van der Waals surface area contributed by atoms with Gasteiger partial charge in [-0.15, -0.1) is 10.2 Å². The number of rotatable bonds is 8. The van der Waals surface area contributed by atoms with E-state index in [1.54, 1.807) is 12.1 Å². The van der Waals surface area contributed by atoms with Gasteiger partial charge in [0.15, 0.2) is 0 Å². The van der Waals surface area contributed by atoms with Crippen molar-refractivity contribution in [1.82, 2.24) is 15.5 Å². The van der Waals surface area contributed by atoms with Gasteiger partial charge in [0.05, 0.1) is 0 Å². The minimum Gasteiger partial charge on any atom is -0.326 e. The number of carbonyl (C=O) groups is 2. The van der Waals surface area contributed by atoms with Crippen LogP contribution in [-0.2, 0) is 11.2 Å². The number of hydrogen-bond donors (Lipinski definition) is 3. The van der Waals surface area contributed by atoms with Crippen molar-refractivity contribution in [2.75, 3.05) is 10.6 Å². The molecule has 9 heteroatoms. The van der Waals surface area contributed by atoms with E-state index in [0.29, 0.717) is 27.3 Å². The van der Waals surface area contributed by atoms with Crippen molar-refractivity contribution in [2.45, 2.75) is 39.7 Å². The van der Waals surface area contributed by atoms with E-state index in [1.165, 1.54) is 16.9 Å². The largest absolute Gasteiger partial charge is 0.326 e. The average molecular weight is 472 g/mol. The van der Waals surface area contributed by atoms with E-state index in [9.17, 15) is 9.59 Å². The van der Waals surface area contributed by atoms with Crippen molar-refractivity contribution >= 4 is 45.7 Å². The Balaban J connectivity index is 1.66. The van der Waals surface area contributed by atoms with Crippen LogP contribution in [0, 0.1) is 5.92 Å². The van der Waals surface area contributed by atoms with Gasteiger partial charge < -0.3 is 10.6 Å². The van der Waals surface area contributed by atoms with Gasteiger partial charge in [0.2, 0.25) is 11.0 Å². The number of anilines is 2. The van der Waals surface area contributed by atoms with Crippen LogP contribution in [0.5, 0.6) is 0 Å². The van der Waals surface area contributed by atoms with Crippen LogP contribution in [0.1, 0.15) is 32.8 Å². The maximum atomic E-state index is 12.9. The van der Waals surface area contributed by atoms with Crippen molar-refractivity contribution in [1.29, 1.82) is 0 Å². The van der Waals surface area contributed by atoms with Crippen LogP contribution in [0.3, 0.4) is 0 Å². The second-order valence-corrected chi connectivity index (χ2v) is 8.84. The average Bonchev–Trinajstić information content (AvgIpc) is 3.26. The van der Waals surface area contributed by atoms with Crippen molar-refractivity contribution in [3.63, 3.8) is 0 Å². The molecule has 0 saturated carbocycles. The van der Waals surface area contributed by atoms with E-state index < -0.39 is 12.1 Å². The Morgan fingerprint density at radius 3 is 2.47 bits per heavy atom. The Bertz CT molecular complexity index is 1070. The Kier molecular flexibility index (Phi) is 8.19. The highest BCUT2D eigenvalue weighted by Crippen LogP contribution is 2.28. The second kappa shape index (κ2) is 11.1. The number of nitrogens with one attached hydrogen (secondary N) is 3. The number of carbonyl (C=O) groups excluding carboxylic acids is 2. The number of aryl methyl sites for hydroxylation is 1. The van der Waals surface area contributed by atoms with E-state index in [4.69, 9.17) is 11.6 Å². The van der Waals surface area contributed by atoms with Crippen molar-refractivity contribution in [2.24, 2.45) is 5.92 Å². The van der Waals surface area contributed by atoms with Crippen LogP contribution in [0.2, 0.25) is 5.02 Å². The molecule has 1 aromatic heterocycles. The molecule has 168 valence electrons. The summed E-state index contributed by atoms with van der Waals surface area (Å²) in [5, 5.41) is 18.1. The topological polar surface area (TPSA) is 96.0 Å². The SMILES string of the molecule is CCc1ccc(NC(=O)N[C@H](C(=O)Nc2nnc(-c3cccc(Cl)c3)s2)[C@@H](C)CC)cc1. The molecule has 3 aromatic rings. The fraction of sp³-hybridized carbons (Fsp3) is 0.304. The summed E-state index contributed by atoms with van der Waals surface area (Å²) in [5.74, 6) is -0.423. The summed E-state index contributed by atoms with van der Waals surface area (Å²) in [6.07, 6.45) is 1.64. The molecule has 0 bridgehead atoms. The van der Waals surface area contributed by atoms with Crippen molar-refractivity contribution in [3.05, 3.63) is 59.1 Å². The van der Waals surface area contributed by atoms with Crippen LogP contribution >= 0.6 is 22.9 Å². The summed E-state index contributed by atoms with van der Waals surface area (Å²) in [5.41, 5.74) is 2.67. The number of halogens is 1. The Morgan fingerprint density at radius 2 is 1.81 bits per heavy atom. The predicted molar refractivity (Wildman–Crippen MR) is 130 cm³/mol. The molecule has 7 nitrogen and oxygen atoms in total. The van der Waals surface area contributed by atoms with Gasteiger partial charge in [-0.25, -0.2) is 4.79 Å². The Morgan fingerprint density at radius 1 is 1.06 bits per heavy atom. The molecule has 32 heavy (non-hydrogen) atoms. The van der Waals surface area contributed by atoms with Crippen LogP contribution in [0.4, 0.5) is 15.6 Å². The highest BCUT2D eigenvalue weighted by atomic mass is 35.5. The van der Waals surface area contributed by atoms with Gasteiger partial charge in [0.1, 0.15) is 11.0 Å². The Labute approximate surface area is 196 Å². The van der Waals surface area contributed by atoms with Crippen LogP contribution in [0.25, 0.3) is 10.6 Å². The third-order valence-corrected chi connectivity index (χ3v) is 6.25. The van der Waals surface area contributed by atoms with Gasteiger partial charge in [-0.3, -0.25) is 10.1 Å². The van der Waals surface area contributed by atoms with Gasteiger partial charge in [0.25, 0.3) is 0 Å². The molecular formula is C23H26ClN5O2S. The van der Waals surface area contributed by atoms with E-state index in [0.717, 1.165) is 12.0 Å². The van der Waals surface area contributed by atoms with Crippen LogP contribution in [0.15, 0.2) is 48.5 Å². The second-order valence-electron chi connectivity index (χ2n) is 7.42. The normalized spacial score (nSPS) is 12.6. The molecule has 3 rings (SSSR count). The van der Waals surface area contributed by atoms with E-state index in [2.05, 4.69) is 33.1 Å². The molecule has 0 aliphatic rings. The van der Waals surface area contributed by atoms with Gasteiger partial charge in [0, 0.05) is 16.3 Å². The number of aromatic nitrogens is 2. The first-order valence-electron chi connectivity index (χ1n) is 10.5. The molecule has 2 atom stereocenters. The molecule has 0 unspecified atom stereocenters. The zero-order valence-corrected chi connectivity index (χ0v) is 19.8. The molecule has 0 spiro atoms. The first kappa shape index (κ1) is 23.7. The molecule has 0 radical (unpaired) electrons. The number of benzene rings is 2. The minimum absolute atomic E-state index is 0.0801. The van der Waals surface area contributed by atoms with E-state index in [-0.39, 0.29) is 11.8 Å². The molecule has 0 saturated heterocycles. The molecule has 0 fully saturated rings. The molecule has 2 aromatic carbocycles. The number of nitrogens with zero attached hydrogens (tertiary/aromatic N) is 2. The van der Waals surface area contributed by atoms with E-state index >= 15 is 0 Å². The lowest BCUT2D eigenvalue weighted by Crippen LogP contribution is -2.49. The monoisotopic (exact) mass is 471 g/mol. The predicted octanol–water partition coefficient (Wildman–Crippen LogP) is 5.60. The minimum atomic E-state index is -0.728. The zero-order chi connectivity index (χ0) is 23.1. The first-order valence-corrected chi connectivity index (χ1v) is 11.7. The van der Waals surface area contributed by atoms with E-state index in [1.807, 2.05) is 50.2 Å². The molecular weight excluding hydrogens is 446 g/mol. The highest BCUT2D eigenvalue weighted by molar-refractivity contribution is 7.18. The quantitative estimate of drug-likeness (QED) is 0.398. The number of amides is 3. The zero-order valence-electron chi connectivity index (χ0n) is 18.2. The van der Waals surface area contributed by atoms with Crippen LogP contribution in [-0.4, -0.2) is 28.2 Å². The molecule has 1 heterocycles. The fourth-order valence-electron chi connectivity index (χ4n) is 3.03. The van der Waals surface area contributed by atoms with Gasteiger partial charge in [-0.05, 0) is 42.2 Å². The summed E-state index contributed by atoms with van der Waals surface area (Å²) in [6.45, 7) is 5.95. The smallest absolute Gasteiger partial charge is 0.319 e. The summed E-state index contributed by atoms with van der Waals surface area (Å²) >= 11 is 7.28. The third-order valence-electron chi connectivity index (χ3n) is 5.13. The van der Waals surface area contributed by atoms with Crippen LogP contribution < -0.4 is 16.0 Å². The lowest BCUT2D eigenvalue weighted by atomic mass is 9.98. The summed E-state index contributed by atoms with van der Waals surface area (Å²) in [7, 11) is 0. The third kappa shape index (κ3) is 6.27. The van der Waals surface area contributed by atoms with Gasteiger partial charge in [-0.1, -0.05) is 74.4 Å². The summed E-state index contributed by atoms with van der Waals surface area (Å²) < 4.78 is 0. The highest BCUT2D eigenvalue weighted by Gasteiger charge is 2.27. The molecule has 3 amide bonds. The van der Waals surface area contributed by atoms with Gasteiger partial charge >= 0.3 is 6.03 Å². The maximum absolute atomic E-state index is 12.9. The molecule has 3 N–H and O–H groups in total. The number of hydrogen-bond acceptors (Lipinski definition) is 5. The first-order chi connectivity index (χ1) is 15.4.